The largest absolute Gasteiger partial charge is 0.466 e. The van der Waals surface area contributed by atoms with Crippen molar-refractivity contribution in [1.82, 2.24) is 5.32 Å². The number of amides is 1. The fraction of sp³-hybridized carbons (Fsp3) is 0.875. The SMILES string of the molecule is CCCCCCCCCCCC[C@@H](/C=C/[C@@H](OC(C)=O)[C@H](COC(C)=O)NC(=O)CCCCCCCCCCCCCCCCCCCCCCCCCCCCCOC(C)=O)OC(C)=O. The highest BCUT2D eigenvalue weighted by Crippen LogP contribution is 2.18. The Morgan fingerprint density at radius 3 is 1.11 bits per heavy atom. The summed E-state index contributed by atoms with van der Waals surface area (Å²) < 4.78 is 21.4. The summed E-state index contributed by atoms with van der Waals surface area (Å²) in [6.07, 6.45) is 49.8. The van der Waals surface area contributed by atoms with Crippen molar-refractivity contribution >= 4 is 29.8 Å². The van der Waals surface area contributed by atoms with Gasteiger partial charge < -0.3 is 24.3 Å². The number of carbonyl (C=O) groups is 5. The van der Waals surface area contributed by atoms with Crippen molar-refractivity contribution in [3.05, 3.63) is 12.2 Å². The van der Waals surface area contributed by atoms with E-state index in [1.54, 1.807) is 12.2 Å². The zero-order chi connectivity index (χ0) is 48.6. The number of ether oxygens (including phenoxy) is 4. The van der Waals surface area contributed by atoms with E-state index in [9.17, 15) is 24.0 Å². The second-order valence-electron chi connectivity index (χ2n) is 19.2. The molecule has 0 aliphatic carbocycles. The lowest BCUT2D eigenvalue weighted by atomic mass is 10.0. The topological polar surface area (TPSA) is 134 Å². The van der Waals surface area contributed by atoms with Crippen molar-refractivity contribution < 1.29 is 42.9 Å². The first-order valence-electron chi connectivity index (χ1n) is 27.6. The Kier molecular flexibility index (Phi) is 46.4. The quantitative estimate of drug-likeness (QED) is 0.0274. The Morgan fingerprint density at radius 2 is 0.742 bits per heavy atom. The van der Waals surface area contributed by atoms with Crippen LogP contribution in [0.2, 0.25) is 0 Å². The number of nitrogens with one attached hydrogen (secondary N) is 1. The van der Waals surface area contributed by atoms with E-state index in [0.717, 1.165) is 44.9 Å². The van der Waals surface area contributed by atoms with Gasteiger partial charge in [-0.3, -0.25) is 24.0 Å². The van der Waals surface area contributed by atoms with Crippen LogP contribution in [0.15, 0.2) is 12.2 Å². The van der Waals surface area contributed by atoms with E-state index in [1.807, 2.05) is 0 Å². The lowest BCUT2D eigenvalue weighted by Gasteiger charge is -2.26. The Morgan fingerprint density at radius 1 is 0.394 bits per heavy atom. The summed E-state index contributed by atoms with van der Waals surface area (Å²) in [6, 6.07) is -0.775. The predicted octanol–water partition coefficient (Wildman–Crippen LogP) is 15.3. The summed E-state index contributed by atoms with van der Waals surface area (Å²) in [5.41, 5.74) is 0. The van der Waals surface area contributed by atoms with Gasteiger partial charge in [-0.15, -0.1) is 0 Å². The molecule has 386 valence electrons. The number of unbranched alkanes of at least 4 members (excludes halogenated alkanes) is 35. The summed E-state index contributed by atoms with van der Waals surface area (Å²) in [4.78, 5) is 59.6. The maximum absolute atomic E-state index is 13.1. The van der Waals surface area contributed by atoms with Crippen molar-refractivity contribution in [3.8, 4) is 0 Å². The van der Waals surface area contributed by atoms with Crippen LogP contribution in [0.4, 0.5) is 0 Å². The number of rotatable bonds is 49. The fourth-order valence-corrected chi connectivity index (χ4v) is 8.65. The summed E-state index contributed by atoms with van der Waals surface area (Å²) in [5, 5.41) is 2.94. The minimum absolute atomic E-state index is 0.145. The summed E-state index contributed by atoms with van der Waals surface area (Å²) in [5.74, 6) is -1.75. The molecule has 0 aromatic heterocycles. The fourth-order valence-electron chi connectivity index (χ4n) is 8.65. The maximum Gasteiger partial charge on any atom is 0.303 e. The van der Waals surface area contributed by atoms with Crippen molar-refractivity contribution in [2.75, 3.05) is 13.2 Å². The van der Waals surface area contributed by atoms with Crippen molar-refractivity contribution in [2.45, 2.75) is 303 Å². The predicted molar refractivity (Wildman–Crippen MR) is 271 cm³/mol. The molecular formula is C56H103NO9. The average molecular weight is 934 g/mol. The smallest absolute Gasteiger partial charge is 0.303 e. The molecule has 1 N–H and O–H groups in total. The molecule has 0 saturated carbocycles. The molecule has 0 aliphatic heterocycles. The monoisotopic (exact) mass is 934 g/mol. The Balaban J connectivity index is 4.11. The van der Waals surface area contributed by atoms with E-state index in [2.05, 4.69) is 12.2 Å². The molecule has 0 radical (unpaired) electrons. The highest BCUT2D eigenvalue weighted by atomic mass is 16.6. The molecule has 0 bridgehead atoms. The van der Waals surface area contributed by atoms with E-state index < -0.39 is 30.2 Å². The van der Waals surface area contributed by atoms with Crippen LogP contribution in [0.25, 0.3) is 0 Å². The molecule has 0 aromatic carbocycles. The molecule has 0 aliphatic rings. The Labute approximate surface area is 405 Å². The summed E-state index contributed by atoms with van der Waals surface area (Å²) >= 11 is 0. The van der Waals surface area contributed by atoms with Gasteiger partial charge in [-0.2, -0.15) is 0 Å². The molecule has 0 rings (SSSR count). The Bertz CT molecular complexity index is 1190. The molecule has 0 heterocycles. The van der Waals surface area contributed by atoms with Crippen LogP contribution in [0.5, 0.6) is 0 Å². The minimum atomic E-state index is -0.895. The summed E-state index contributed by atoms with van der Waals surface area (Å²) in [6.45, 7) is 8.13. The van der Waals surface area contributed by atoms with Crippen LogP contribution in [0, 0.1) is 0 Å². The Hall–Kier alpha value is -2.91. The van der Waals surface area contributed by atoms with Gasteiger partial charge in [-0.25, -0.2) is 0 Å². The standard InChI is InChI=1S/C56H103NO9/c1-6-7-8-9-10-11-31-34-37-40-43-53(65-51(4)60)45-46-55(66-52(5)61)54(48-64-50(3)59)57-56(62)44-41-38-35-32-29-27-25-23-21-19-17-15-13-12-14-16-18-20-22-24-26-28-30-33-36-39-42-47-63-49(2)58/h45-46,53-55H,6-44,47-48H2,1-5H3,(H,57,62)/b46-45+/t53-,54-,55+/m0/s1. The van der Waals surface area contributed by atoms with Crippen molar-refractivity contribution in [3.63, 3.8) is 0 Å². The number of hydrogen-bond acceptors (Lipinski definition) is 9. The van der Waals surface area contributed by atoms with E-state index in [1.165, 1.54) is 220 Å². The molecule has 0 unspecified atom stereocenters. The van der Waals surface area contributed by atoms with Gasteiger partial charge in [0.15, 0.2) is 0 Å². The molecule has 1 amide bonds. The van der Waals surface area contributed by atoms with Gasteiger partial charge in [0, 0.05) is 34.1 Å². The average Bonchev–Trinajstić information content (AvgIpc) is 3.27. The van der Waals surface area contributed by atoms with Gasteiger partial charge in [0.1, 0.15) is 24.9 Å². The van der Waals surface area contributed by atoms with E-state index in [4.69, 9.17) is 18.9 Å². The lowest BCUT2D eigenvalue weighted by Crippen LogP contribution is -2.47. The molecule has 3 atom stereocenters. The first-order chi connectivity index (χ1) is 32.0. The van der Waals surface area contributed by atoms with Crippen LogP contribution in [-0.4, -0.2) is 61.2 Å². The van der Waals surface area contributed by atoms with Gasteiger partial charge in [-0.1, -0.05) is 225 Å². The first-order valence-corrected chi connectivity index (χ1v) is 27.6. The third-order valence-corrected chi connectivity index (χ3v) is 12.5. The normalized spacial score (nSPS) is 12.7. The second-order valence-corrected chi connectivity index (χ2v) is 19.2. The maximum atomic E-state index is 13.1. The zero-order valence-corrected chi connectivity index (χ0v) is 43.6. The second kappa shape index (κ2) is 48.5. The molecule has 0 saturated heterocycles. The highest BCUT2D eigenvalue weighted by Gasteiger charge is 2.26. The van der Waals surface area contributed by atoms with Gasteiger partial charge in [0.2, 0.25) is 5.91 Å². The van der Waals surface area contributed by atoms with Crippen LogP contribution < -0.4 is 5.32 Å². The van der Waals surface area contributed by atoms with Gasteiger partial charge in [-0.05, 0) is 37.8 Å². The molecule has 10 nitrogen and oxygen atoms in total. The third-order valence-electron chi connectivity index (χ3n) is 12.5. The van der Waals surface area contributed by atoms with Gasteiger partial charge in [0.25, 0.3) is 0 Å². The minimum Gasteiger partial charge on any atom is -0.466 e. The molecule has 0 fully saturated rings. The summed E-state index contributed by atoms with van der Waals surface area (Å²) in [7, 11) is 0. The van der Waals surface area contributed by atoms with Crippen LogP contribution in [0.1, 0.15) is 285 Å². The van der Waals surface area contributed by atoms with Gasteiger partial charge in [0.05, 0.1) is 6.61 Å². The molecule has 0 spiro atoms. The van der Waals surface area contributed by atoms with Crippen LogP contribution in [-0.2, 0) is 42.9 Å². The molecule has 10 heteroatoms. The van der Waals surface area contributed by atoms with Crippen LogP contribution >= 0.6 is 0 Å². The van der Waals surface area contributed by atoms with Crippen molar-refractivity contribution in [1.29, 1.82) is 0 Å². The third kappa shape index (κ3) is 47.6. The number of esters is 4. The molecule has 66 heavy (non-hydrogen) atoms. The number of hydrogen-bond donors (Lipinski definition) is 1. The van der Waals surface area contributed by atoms with Crippen LogP contribution in [0.3, 0.4) is 0 Å². The number of carbonyl (C=O) groups excluding carboxylic acids is 5. The first kappa shape index (κ1) is 63.1. The van der Waals surface area contributed by atoms with E-state index in [0.29, 0.717) is 19.4 Å². The molecule has 0 aromatic rings. The highest BCUT2D eigenvalue weighted by molar-refractivity contribution is 5.76. The van der Waals surface area contributed by atoms with E-state index in [-0.39, 0.29) is 24.5 Å². The van der Waals surface area contributed by atoms with Gasteiger partial charge >= 0.3 is 23.9 Å². The zero-order valence-electron chi connectivity index (χ0n) is 43.6. The molecular weight excluding hydrogens is 831 g/mol. The lowest BCUT2D eigenvalue weighted by molar-refractivity contribution is -0.150. The van der Waals surface area contributed by atoms with Crippen molar-refractivity contribution in [2.24, 2.45) is 0 Å². The van der Waals surface area contributed by atoms with E-state index >= 15 is 0 Å².